The van der Waals surface area contributed by atoms with Crippen LogP contribution in [0.2, 0.25) is 0 Å². The van der Waals surface area contributed by atoms with E-state index in [1.165, 1.54) is 75.0 Å². The molecule has 224 valence electrons. The van der Waals surface area contributed by atoms with Crippen LogP contribution in [0.1, 0.15) is 152 Å². The van der Waals surface area contributed by atoms with Crippen molar-refractivity contribution in [3.8, 4) is 0 Å². The average molecular weight is 560 g/mol. The molecule has 4 nitrogen and oxygen atoms in total. The first kappa shape index (κ1) is 32.6. The molecule has 41 heavy (non-hydrogen) atoms. The Bertz CT molecular complexity index is 1190. The number of hydrogen-bond donors (Lipinski definition) is 2. The number of carbonyl (C=O) groups excluding carboxylic acids is 1. The van der Waals surface area contributed by atoms with Crippen LogP contribution >= 0.6 is 0 Å². The molecule has 0 unspecified atom stereocenters. The van der Waals surface area contributed by atoms with E-state index in [4.69, 9.17) is 0 Å². The van der Waals surface area contributed by atoms with Crippen LogP contribution in [0, 0.1) is 0 Å². The minimum Gasteiger partial charge on any atom is -0.478 e. The van der Waals surface area contributed by atoms with Gasteiger partial charge in [-0.1, -0.05) is 135 Å². The van der Waals surface area contributed by atoms with Gasteiger partial charge in [0.1, 0.15) is 0 Å². The molecule has 3 rings (SSSR count). The van der Waals surface area contributed by atoms with Gasteiger partial charge < -0.3 is 10.4 Å². The Hall–Kier alpha value is -2.88. The van der Waals surface area contributed by atoms with Gasteiger partial charge in [-0.2, -0.15) is 0 Å². The molecule has 0 fully saturated rings. The molecule has 2 N–H and O–H groups in total. The predicted molar refractivity (Wildman–Crippen MR) is 173 cm³/mol. The second kappa shape index (κ2) is 15.4. The van der Waals surface area contributed by atoms with Gasteiger partial charge in [-0.15, -0.1) is 0 Å². The number of unbranched alkanes of at least 4 members (excludes halogenated alkanes) is 11. The number of nitrogens with one attached hydrogen (secondary N) is 1. The lowest BCUT2D eigenvalue weighted by Crippen LogP contribution is -2.34. The lowest BCUT2D eigenvalue weighted by molar-refractivity contribution is -0.111. The summed E-state index contributed by atoms with van der Waals surface area (Å²) in [6.07, 6.45) is 19.3. The highest BCUT2D eigenvalue weighted by Crippen LogP contribution is 2.46. The molecule has 4 heteroatoms. The van der Waals surface area contributed by atoms with E-state index in [9.17, 15) is 14.7 Å². The van der Waals surface area contributed by atoms with Crippen molar-refractivity contribution in [2.24, 2.45) is 0 Å². The van der Waals surface area contributed by atoms with Crippen LogP contribution in [-0.4, -0.2) is 17.0 Å². The maximum Gasteiger partial charge on any atom is 0.337 e. The molecule has 1 aliphatic carbocycles. The molecular formula is C37H53NO3. The molecule has 0 spiro atoms. The molecule has 2 aromatic rings. The van der Waals surface area contributed by atoms with Gasteiger partial charge in [-0.05, 0) is 65.3 Å². The van der Waals surface area contributed by atoms with Crippen molar-refractivity contribution in [1.29, 1.82) is 0 Å². The first-order valence-corrected chi connectivity index (χ1v) is 16.1. The number of benzene rings is 2. The fraction of sp³-hybridized carbons (Fsp3) is 0.568. The van der Waals surface area contributed by atoms with Gasteiger partial charge in [-0.25, -0.2) is 4.79 Å². The van der Waals surface area contributed by atoms with Crippen molar-refractivity contribution in [3.05, 3.63) is 70.8 Å². The Balaban J connectivity index is 1.72. The van der Waals surface area contributed by atoms with Gasteiger partial charge in [0.15, 0.2) is 0 Å². The minimum absolute atomic E-state index is 0.0361. The fourth-order valence-corrected chi connectivity index (χ4v) is 6.12. The summed E-state index contributed by atoms with van der Waals surface area (Å²) in [6, 6.07) is 13.1. The van der Waals surface area contributed by atoms with Crippen LogP contribution in [-0.2, 0) is 15.6 Å². The zero-order chi connectivity index (χ0) is 29.9. The maximum absolute atomic E-state index is 13.7. The number of aromatic carboxylic acids is 1. The molecular weight excluding hydrogens is 506 g/mol. The fourth-order valence-electron chi connectivity index (χ4n) is 6.12. The quantitative estimate of drug-likeness (QED) is 0.159. The van der Waals surface area contributed by atoms with Crippen molar-refractivity contribution in [1.82, 2.24) is 0 Å². The van der Waals surface area contributed by atoms with E-state index in [0.717, 1.165) is 37.7 Å². The number of carboxylic acid groups (broad SMARTS) is 1. The normalized spacial score (nSPS) is 15.8. The van der Waals surface area contributed by atoms with Gasteiger partial charge in [0, 0.05) is 5.57 Å². The Morgan fingerprint density at radius 2 is 1.34 bits per heavy atom. The summed E-state index contributed by atoms with van der Waals surface area (Å²) in [5.74, 6) is -1.31. The zero-order valence-electron chi connectivity index (χ0n) is 26.3. The van der Waals surface area contributed by atoms with E-state index in [1.54, 1.807) is 18.2 Å². The van der Waals surface area contributed by atoms with Gasteiger partial charge >= 0.3 is 5.97 Å². The van der Waals surface area contributed by atoms with Gasteiger partial charge in [-0.3, -0.25) is 4.79 Å². The standard InChI is InChI=1S/C37H53NO3/c1-6-7-8-9-10-11-12-13-14-15-16-17-20-29(34(39)38-33-22-19-18-21-30(33)35(40)41)28-23-24-31-32(27-28)37(4,5)26-25-36(31,2)3/h18-24,27H,6-17,25-26H2,1-5H3,(H,38,39)(H,40,41). The topological polar surface area (TPSA) is 66.4 Å². The number of anilines is 1. The Labute approximate surface area is 249 Å². The molecule has 0 saturated heterocycles. The van der Waals surface area contributed by atoms with Crippen molar-refractivity contribution >= 4 is 23.1 Å². The highest BCUT2D eigenvalue weighted by atomic mass is 16.4. The number of rotatable bonds is 16. The number of fused-ring (bicyclic) bond motifs is 1. The molecule has 1 amide bonds. The number of amides is 1. The van der Waals surface area contributed by atoms with Crippen LogP contribution in [0.25, 0.3) is 5.57 Å². The van der Waals surface area contributed by atoms with Crippen molar-refractivity contribution in [2.45, 2.75) is 135 Å². The van der Waals surface area contributed by atoms with Gasteiger partial charge in [0.05, 0.1) is 11.3 Å². The Kier molecular flexibility index (Phi) is 12.2. The van der Waals surface area contributed by atoms with Gasteiger partial charge in [0.25, 0.3) is 5.91 Å². The smallest absolute Gasteiger partial charge is 0.337 e. The molecule has 2 aromatic carbocycles. The number of hydrogen-bond acceptors (Lipinski definition) is 2. The van der Waals surface area contributed by atoms with E-state index in [2.05, 4.69) is 64.2 Å². The molecule has 0 bridgehead atoms. The van der Waals surface area contributed by atoms with E-state index >= 15 is 0 Å². The van der Waals surface area contributed by atoms with Crippen LogP contribution in [0.15, 0.2) is 48.5 Å². The number of carboxylic acids is 1. The van der Waals surface area contributed by atoms with E-state index in [-0.39, 0.29) is 22.3 Å². The molecule has 0 atom stereocenters. The molecule has 1 aliphatic rings. The van der Waals surface area contributed by atoms with Crippen molar-refractivity contribution < 1.29 is 14.7 Å². The van der Waals surface area contributed by atoms with E-state index in [1.807, 2.05) is 0 Å². The summed E-state index contributed by atoms with van der Waals surface area (Å²) < 4.78 is 0. The second-order valence-corrected chi connectivity index (χ2v) is 13.3. The average Bonchev–Trinajstić information content (AvgIpc) is 2.94. The van der Waals surface area contributed by atoms with Crippen LogP contribution in [0.5, 0.6) is 0 Å². The molecule has 0 saturated carbocycles. The summed E-state index contributed by atoms with van der Waals surface area (Å²) in [5.41, 5.74) is 4.76. The Morgan fingerprint density at radius 3 is 1.95 bits per heavy atom. The lowest BCUT2D eigenvalue weighted by Gasteiger charge is -2.42. The summed E-state index contributed by atoms with van der Waals surface area (Å²) in [5, 5.41) is 12.5. The largest absolute Gasteiger partial charge is 0.478 e. The number of para-hydroxylation sites is 1. The van der Waals surface area contributed by atoms with Crippen LogP contribution < -0.4 is 5.32 Å². The molecule has 0 aromatic heterocycles. The molecule has 0 aliphatic heterocycles. The third kappa shape index (κ3) is 9.31. The third-order valence-corrected chi connectivity index (χ3v) is 8.97. The maximum atomic E-state index is 13.7. The third-order valence-electron chi connectivity index (χ3n) is 8.97. The van der Waals surface area contributed by atoms with Crippen molar-refractivity contribution in [3.63, 3.8) is 0 Å². The molecule has 0 radical (unpaired) electrons. The molecule has 0 heterocycles. The highest BCUT2D eigenvalue weighted by Gasteiger charge is 2.37. The SMILES string of the molecule is CCCCCCCCCCCCCC=C(C(=O)Nc1ccccc1C(=O)O)c1ccc2c(c1)C(C)(C)CCC2(C)C. The second-order valence-electron chi connectivity index (χ2n) is 13.3. The first-order chi connectivity index (χ1) is 19.6. The summed E-state index contributed by atoms with van der Waals surface area (Å²) in [6.45, 7) is 11.5. The summed E-state index contributed by atoms with van der Waals surface area (Å²) >= 11 is 0. The van der Waals surface area contributed by atoms with E-state index < -0.39 is 5.97 Å². The first-order valence-electron chi connectivity index (χ1n) is 16.1. The van der Waals surface area contributed by atoms with Gasteiger partial charge in [0.2, 0.25) is 0 Å². The van der Waals surface area contributed by atoms with E-state index in [0.29, 0.717) is 11.3 Å². The van der Waals surface area contributed by atoms with Crippen LogP contribution in [0.3, 0.4) is 0 Å². The van der Waals surface area contributed by atoms with Crippen LogP contribution in [0.4, 0.5) is 5.69 Å². The predicted octanol–water partition coefficient (Wildman–Crippen LogP) is 10.5. The Morgan fingerprint density at radius 1 is 0.780 bits per heavy atom. The summed E-state index contributed by atoms with van der Waals surface area (Å²) in [7, 11) is 0. The zero-order valence-corrected chi connectivity index (χ0v) is 26.3. The lowest BCUT2D eigenvalue weighted by atomic mass is 9.63. The van der Waals surface area contributed by atoms with Crippen molar-refractivity contribution in [2.75, 3.05) is 5.32 Å². The number of carbonyl (C=O) groups is 2. The highest BCUT2D eigenvalue weighted by molar-refractivity contribution is 6.26. The number of allylic oxidation sites excluding steroid dienone is 1. The summed E-state index contributed by atoms with van der Waals surface area (Å²) in [4.78, 5) is 25.5. The monoisotopic (exact) mass is 559 g/mol. The minimum atomic E-state index is -1.05.